The van der Waals surface area contributed by atoms with Crippen molar-refractivity contribution in [2.24, 2.45) is 0 Å². The van der Waals surface area contributed by atoms with Crippen molar-refractivity contribution in [2.75, 3.05) is 19.6 Å². The molecule has 2 unspecified atom stereocenters. The molecule has 2 aromatic rings. The average molecular weight is 446 g/mol. The van der Waals surface area contributed by atoms with Gasteiger partial charge in [0.25, 0.3) is 11.8 Å². The first kappa shape index (κ1) is 20.7. The molecule has 3 fully saturated rings. The Kier molecular flexibility index (Phi) is 5.02. The van der Waals surface area contributed by atoms with Crippen LogP contribution in [0.5, 0.6) is 5.88 Å². The standard InChI is InChI=1S/C22H21F3N4O3/c23-22(24,25)15-3-1-2-14(8-15)20(30)28-6-7-29-16(12-28)9-18(21(29)31)32-19-11-26-17(10-27-19)13-4-5-13/h1-3,8,10-11,13,16,18H,4-7,9,12H2. The van der Waals surface area contributed by atoms with E-state index in [1.165, 1.54) is 23.2 Å². The second-order valence-electron chi connectivity index (χ2n) is 8.41. The third kappa shape index (κ3) is 4.01. The third-order valence-corrected chi connectivity index (χ3v) is 6.16. The summed E-state index contributed by atoms with van der Waals surface area (Å²) in [4.78, 5) is 37.3. The normalized spacial score (nSPS) is 23.3. The van der Waals surface area contributed by atoms with Crippen molar-refractivity contribution >= 4 is 11.8 Å². The molecule has 0 N–H and O–H groups in total. The first-order valence-corrected chi connectivity index (χ1v) is 10.6. The summed E-state index contributed by atoms with van der Waals surface area (Å²) in [5, 5.41) is 0. The van der Waals surface area contributed by atoms with Crippen molar-refractivity contribution in [3.63, 3.8) is 0 Å². The molecule has 2 amide bonds. The summed E-state index contributed by atoms with van der Waals surface area (Å²) in [7, 11) is 0. The molecule has 5 rings (SSSR count). The molecule has 1 aliphatic carbocycles. The van der Waals surface area contributed by atoms with Gasteiger partial charge in [-0.1, -0.05) is 6.07 Å². The molecule has 0 bridgehead atoms. The molecule has 0 spiro atoms. The topological polar surface area (TPSA) is 75.6 Å². The predicted molar refractivity (Wildman–Crippen MR) is 106 cm³/mol. The van der Waals surface area contributed by atoms with E-state index in [0.717, 1.165) is 30.7 Å². The van der Waals surface area contributed by atoms with Crippen LogP contribution in [0.4, 0.5) is 13.2 Å². The number of rotatable bonds is 4. The maximum absolute atomic E-state index is 13.0. The van der Waals surface area contributed by atoms with Crippen molar-refractivity contribution < 1.29 is 27.5 Å². The van der Waals surface area contributed by atoms with E-state index in [-0.39, 0.29) is 36.5 Å². The van der Waals surface area contributed by atoms with Crippen molar-refractivity contribution in [3.05, 3.63) is 53.5 Å². The van der Waals surface area contributed by atoms with Crippen LogP contribution in [0, 0.1) is 0 Å². The van der Waals surface area contributed by atoms with Gasteiger partial charge in [0.2, 0.25) is 5.88 Å². The van der Waals surface area contributed by atoms with Gasteiger partial charge in [-0.25, -0.2) is 4.98 Å². The van der Waals surface area contributed by atoms with Gasteiger partial charge in [0.1, 0.15) is 0 Å². The van der Waals surface area contributed by atoms with E-state index in [4.69, 9.17) is 4.74 Å². The zero-order valence-electron chi connectivity index (χ0n) is 17.1. The molecular weight excluding hydrogens is 425 g/mol. The molecule has 10 heteroatoms. The van der Waals surface area contributed by atoms with Gasteiger partial charge in [0.05, 0.1) is 29.7 Å². The van der Waals surface area contributed by atoms with E-state index < -0.39 is 23.8 Å². The molecule has 2 saturated heterocycles. The quantitative estimate of drug-likeness (QED) is 0.722. The van der Waals surface area contributed by atoms with Crippen molar-refractivity contribution in [2.45, 2.75) is 43.5 Å². The number of benzene rings is 1. The van der Waals surface area contributed by atoms with Crippen molar-refractivity contribution in [1.29, 1.82) is 0 Å². The van der Waals surface area contributed by atoms with Gasteiger partial charge >= 0.3 is 6.18 Å². The van der Waals surface area contributed by atoms with E-state index in [9.17, 15) is 22.8 Å². The smallest absolute Gasteiger partial charge is 0.416 e. The number of aromatic nitrogens is 2. The number of hydrogen-bond donors (Lipinski definition) is 0. The van der Waals surface area contributed by atoms with E-state index in [1.807, 2.05) is 0 Å². The highest BCUT2D eigenvalue weighted by molar-refractivity contribution is 5.95. The number of piperazine rings is 1. The maximum Gasteiger partial charge on any atom is 0.416 e. The molecule has 2 atom stereocenters. The summed E-state index contributed by atoms with van der Waals surface area (Å²) in [6.45, 7) is 0.799. The van der Waals surface area contributed by atoms with Crippen LogP contribution < -0.4 is 4.74 Å². The Morgan fingerprint density at radius 2 is 1.94 bits per heavy atom. The highest BCUT2D eigenvalue weighted by atomic mass is 19.4. The van der Waals surface area contributed by atoms with Crippen molar-refractivity contribution in [1.82, 2.24) is 19.8 Å². The zero-order chi connectivity index (χ0) is 22.5. The molecular formula is C22H21F3N4O3. The molecule has 7 nitrogen and oxygen atoms in total. The lowest BCUT2D eigenvalue weighted by molar-refractivity contribution is -0.137. The minimum atomic E-state index is -4.52. The Labute approximate surface area is 182 Å². The average Bonchev–Trinajstić information content (AvgIpc) is 3.59. The minimum Gasteiger partial charge on any atom is -0.463 e. The Hall–Kier alpha value is -3.17. The summed E-state index contributed by atoms with van der Waals surface area (Å²) < 4.78 is 44.7. The lowest BCUT2D eigenvalue weighted by atomic mass is 10.1. The van der Waals surface area contributed by atoms with Crippen LogP contribution in [0.25, 0.3) is 0 Å². The SMILES string of the molecule is O=C(c1cccc(C(F)(F)F)c1)N1CCN2C(=O)C(Oc3cnc(C4CC4)cn3)CC2C1. The number of nitrogens with zero attached hydrogens (tertiary/aromatic N) is 4. The Morgan fingerprint density at radius 1 is 1.12 bits per heavy atom. The Bertz CT molecular complexity index is 1040. The van der Waals surface area contributed by atoms with E-state index in [0.29, 0.717) is 18.9 Å². The highest BCUT2D eigenvalue weighted by Crippen LogP contribution is 2.38. The molecule has 0 radical (unpaired) electrons. The van der Waals surface area contributed by atoms with Crippen molar-refractivity contribution in [3.8, 4) is 5.88 Å². The second kappa shape index (κ2) is 7.75. The van der Waals surface area contributed by atoms with E-state index >= 15 is 0 Å². The fourth-order valence-corrected chi connectivity index (χ4v) is 4.30. The van der Waals surface area contributed by atoms with Crippen LogP contribution in [0.1, 0.15) is 46.8 Å². The van der Waals surface area contributed by atoms with Gasteiger partial charge < -0.3 is 14.5 Å². The van der Waals surface area contributed by atoms with Crippen LogP contribution in [-0.4, -0.2) is 63.4 Å². The van der Waals surface area contributed by atoms with Gasteiger partial charge in [0.15, 0.2) is 6.10 Å². The molecule has 168 valence electrons. The molecule has 1 aromatic carbocycles. The molecule has 3 aliphatic rings. The van der Waals surface area contributed by atoms with Crippen LogP contribution >= 0.6 is 0 Å². The number of fused-ring (bicyclic) bond motifs is 1. The second-order valence-corrected chi connectivity index (χ2v) is 8.41. The number of ether oxygens (including phenoxy) is 1. The molecule has 2 aliphatic heterocycles. The maximum atomic E-state index is 13.0. The third-order valence-electron chi connectivity index (χ3n) is 6.16. The first-order valence-electron chi connectivity index (χ1n) is 10.6. The van der Waals surface area contributed by atoms with E-state index in [1.54, 1.807) is 11.1 Å². The zero-order valence-corrected chi connectivity index (χ0v) is 17.1. The van der Waals surface area contributed by atoms with Gasteiger partial charge in [0, 0.05) is 37.5 Å². The molecule has 3 heterocycles. The van der Waals surface area contributed by atoms with Gasteiger partial charge in [-0.3, -0.25) is 14.6 Å². The number of carbonyl (C=O) groups excluding carboxylic acids is 2. The first-order chi connectivity index (χ1) is 15.3. The van der Waals surface area contributed by atoms with Gasteiger partial charge in [-0.15, -0.1) is 0 Å². The van der Waals surface area contributed by atoms with Gasteiger partial charge in [-0.05, 0) is 31.0 Å². The number of carbonyl (C=O) groups is 2. The molecule has 1 saturated carbocycles. The largest absolute Gasteiger partial charge is 0.463 e. The number of hydrogen-bond acceptors (Lipinski definition) is 5. The van der Waals surface area contributed by atoms with Crippen LogP contribution in [0.3, 0.4) is 0 Å². The summed E-state index contributed by atoms with van der Waals surface area (Å²) >= 11 is 0. The lowest BCUT2D eigenvalue weighted by Crippen LogP contribution is -2.53. The van der Waals surface area contributed by atoms with Crippen LogP contribution in [0.2, 0.25) is 0 Å². The van der Waals surface area contributed by atoms with E-state index in [2.05, 4.69) is 9.97 Å². The molecule has 32 heavy (non-hydrogen) atoms. The summed E-state index contributed by atoms with van der Waals surface area (Å²) in [6, 6.07) is 4.15. The summed E-state index contributed by atoms with van der Waals surface area (Å²) in [6.07, 6.45) is 0.570. The van der Waals surface area contributed by atoms with Crippen LogP contribution in [0.15, 0.2) is 36.7 Å². The van der Waals surface area contributed by atoms with Gasteiger partial charge in [-0.2, -0.15) is 13.2 Å². The monoisotopic (exact) mass is 446 g/mol. The lowest BCUT2D eigenvalue weighted by Gasteiger charge is -2.37. The molecule has 1 aromatic heterocycles. The number of alkyl halides is 3. The fourth-order valence-electron chi connectivity index (χ4n) is 4.30. The summed E-state index contributed by atoms with van der Waals surface area (Å²) in [5.41, 5.74) is 0.0491. The highest BCUT2D eigenvalue weighted by Gasteiger charge is 2.45. The number of amides is 2. The Balaban J connectivity index is 1.24. The minimum absolute atomic E-state index is 0.0172. The Morgan fingerprint density at radius 3 is 2.62 bits per heavy atom. The summed E-state index contributed by atoms with van der Waals surface area (Å²) in [5.74, 6) is 0.104. The van der Waals surface area contributed by atoms with Crippen LogP contribution in [-0.2, 0) is 11.0 Å². The fraction of sp³-hybridized carbons (Fsp3) is 0.455. The number of halogens is 3. The predicted octanol–water partition coefficient (Wildman–Crippen LogP) is 2.88.